The maximum atomic E-state index is 12.2. The Hall–Kier alpha value is -2.34. The summed E-state index contributed by atoms with van der Waals surface area (Å²) in [5, 5.41) is 10.1. The van der Waals surface area contributed by atoms with Gasteiger partial charge < -0.3 is 14.6 Å². The molecule has 0 saturated heterocycles. The van der Waals surface area contributed by atoms with E-state index < -0.39 is 6.10 Å². The van der Waals surface area contributed by atoms with E-state index in [1.807, 2.05) is 19.1 Å². The SMILES string of the molecule is CCOc1ccc(OCC(O)Cn2cnc(C3CCC3)cc2=O)cc1. The summed E-state index contributed by atoms with van der Waals surface area (Å²) in [5.74, 6) is 1.85. The molecule has 6 heteroatoms. The summed E-state index contributed by atoms with van der Waals surface area (Å²) in [6.07, 6.45) is 4.15. The zero-order valence-electron chi connectivity index (χ0n) is 14.4. The second kappa shape index (κ2) is 8.16. The van der Waals surface area contributed by atoms with Crippen molar-refractivity contribution >= 4 is 0 Å². The first-order valence-electron chi connectivity index (χ1n) is 8.76. The van der Waals surface area contributed by atoms with Gasteiger partial charge >= 0.3 is 0 Å². The molecule has 3 rings (SSSR count). The lowest BCUT2D eigenvalue weighted by Crippen LogP contribution is -2.31. The molecular weight excluding hydrogens is 320 g/mol. The molecule has 134 valence electrons. The number of ether oxygens (including phenoxy) is 2. The minimum atomic E-state index is -0.791. The lowest BCUT2D eigenvalue weighted by Gasteiger charge is -2.24. The molecule has 1 heterocycles. The van der Waals surface area contributed by atoms with Crippen LogP contribution in [0.3, 0.4) is 0 Å². The Labute approximate surface area is 147 Å². The van der Waals surface area contributed by atoms with Crippen LogP contribution in [0.15, 0.2) is 41.5 Å². The van der Waals surface area contributed by atoms with Gasteiger partial charge in [0.1, 0.15) is 24.2 Å². The largest absolute Gasteiger partial charge is 0.494 e. The highest BCUT2D eigenvalue weighted by Gasteiger charge is 2.21. The number of hydrogen-bond acceptors (Lipinski definition) is 5. The maximum Gasteiger partial charge on any atom is 0.253 e. The molecule has 2 aromatic rings. The van der Waals surface area contributed by atoms with Crippen LogP contribution in [0, 0.1) is 0 Å². The molecule has 1 saturated carbocycles. The molecule has 0 spiro atoms. The van der Waals surface area contributed by atoms with E-state index in [1.165, 1.54) is 17.3 Å². The fraction of sp³-hybridized carbons (Fsp3) is 0.474. The fourth-order valence-corrected chi connectivity index (χ4v) is 2.78. The Bertz CT molecular complexity index is 738. The predicted molar refractivity (Wildman–Crippen MR) is 94.2 cm³/mol. The van der Waals surface area contributed by atoms with Gasteiger partial charge in [-0.05, 0) is 44.0 Å². The standard InChI is InChI=1S/C19H24N2O4/c1-2-24-16-6-8-17(9-7-16)25-12-15(22)11-21-13-20-18(10-19(21)23)14-4-3-5-14/h6-10,13-15,22H,2-5,11-12H2,1H3. The topological polar surface area (TPSA) is 73.6 Å². The molecule has 0 radical (unpaired) electrons. The minimum Gasteiger partial charge on any atom is -0.494 e. The zero-order valence-corrected chi connectivity index (χ0v) is 14.4. The van der Waals surface area contributed by atoms with Gasteiger partial charge in [-0.1, -0.05) is 6.42 Å². The van der Waals surface area contributed by atoms with Crippen LogP contribution in [-0.2, 0) is 6.54 Å². The lowest BCUT2D eigenvalue weighted by atomic mass is 9.83. The Morgan fingerprint density at radius 1 is 1.24 bits per heavy atom. The molecule has 25 heavy (non-hydrogen) atoms. The number of benzene rings is 1. The summed E-state index contributed by atoms with van der Waals surface area (Å²) in [6, 6.07) is 8.80. The molecular formula is C19H24N2O4. The number of hydrogen-bond donors (Lipinski definition) is 1. The van der Waals surface area contributed by atoms with E-state index >= 15 is 0 Å². The van der Waals surface area contributed by atoms with Gasteiger partial charge in [-0.2, -0.15) is 0 Å². The smallest absolute Gasteiger partial charge is 0.253 e. The van der Waals surface area contributed by atoms with Crippen molar-refractivity contribution in [3.05, 3.63) is 52.7 Å². The highest BCUT2D eigenvalue weighted by molar-refractivity contribution is 5.31. The first kappa shape index (κ1) is 17.5. The van der Waals surface area contributed by atoms with E-state index in [0.717, 1.165) is 24.3 Å². The van der Waals surface area contributed by atoms with E-state index in [9.17, 15) is 9.90 Å². The van der Waals surface area contributed by atoms with Crippen LogP contribution in [0.5, 0.6) is 11.5 Å². The van der Waals surface area contributed by atoms with E-state index in [-0.39, 0.29) is 18.7 Å². The molecule has 1 aromatic carbocycles. The summed E-state index contributed by atoms with van der Waals surface area (Å²) in [5.41, 5.74) is 0.740. The lowest BCUT2D eigenvalue weighted by molar-refractivity contribution is 0.0912. The van der Waals surface area contributed by atoms with Crippen LogP contribution >= 0.6 is 0 Å². The summed E-state index contributed by atoms with van der Waals surface area (Å²) >= 11 is 0. The van der Waals surface area contributed by atoms with Crippen LogP contribution < -0.4 is 15.0 Å². The van der Waals surface area contributed by atoms with Gasteiger partial charge in [-0.25, -0.2) is 4.98 Å². The Morgan fingerprint density at radius 3 is 2.48 bits per heavy atom. The zero-order chi connectivity index (χ0) is 17.6. The first-order valence-corrected chi connectivity index (χ1v) is 8.76. The van der Waals surface area contributed by atoms with Gasteiger partial charge in [0, 0.05) is 12.0 Å². The molecule has 1 N–H and O–H groups in total. The van der Waals surface area contributed by atoms with Crippen molar-refractivity contribution in [3.8, 4) is 11.5 Å². The number of rotatable bonds is 8. The average Bonchev–Trinajstić information content (AvgIpc) is 2.55. The third-order valence-corrected chi connectivity index (χ3v) is 4.41. The molecule has 1 fully saturated rings. The monoisotopic (exact) mass is 344 g/mol. The highest BCUT2D eigenvalue weighted by atomic mass is 16.5. The van der Waals surface area contributed by atoms with Gasteiger partial charge in [-0.15, -0.1) is 0 Å². The number of nitrogens with zero attached hydrogens (tertiary/aromatic N) is 2. The van der Waals surface area contributed by atoms with Crippen LogP contribution in [0.1, 0.15) is 37.8 Å². The molecule has 0 bridgehead atoms. The Balaban J connectivity index is 1.51. The molecule has 0 amide bonds. The summed E-state index contributed by atoms with van der Waals surface area (Å²) in [6.45, 7) is 2.80. The fourth-order valence-electron chi connectivity index (χ4n) is 2.78. The van der Waals surface area contributed by atoms with Crippen molar-refractivity contribution in [1.82, 2.24) is 9.55 Å². The molecule has 0 aliphatic heterocycles. The minimum absolute atomic E-state index is 0.102. The maximum absolute atomic E-state index is 12.2. The predicted octanol–water partition coefficient (Wildman–Crippen LogP) is 2.35. The summed E-state index contributed by atoms with van der Waals surface area (Å²) in [7, 11) is 0. The number of aromatic nitrogens is 2. The Morgan fingerprint density at radius 2 is 1.92 bits per heavy atom. The van der Waals surface area contributed by atoms with Gasteiger partial charge in [0.25, 0.3) is 5.56 Å². The second-order valence-electron chi connectivity index (χ2n) is 6.30. The normalized spacial score (nSPS) is 15.4. The van der Waals surface area contributed by atoms with Crippen molar-refractivity contribution < 1.29 is 14.6 Å². The van der Waals surface area contributed by atoms with E-state index in [4.69, 9.17) is 9.47 Å². The van der Waals surface area contributed by atoms with E-state index in [1.54, 1.807) is 18.2 Å². The van der Waals surface area contributed by atoms with Crippen molar-refractivity contribution in [2.75, 3.05) is 13.2 Å². The molecule has 1 aliphatic rings. The molecule has 1 unspecified atom stereocenters. The molecule has 1 aromatic heterocycles. The van der Waals surface area contributed by atoms with Crippen LogP contribution in [0.2, 0.25) is 0 Å². The number of aliphatic hydroxyl groups is 1. The average molecular weight is 344 g/mol. The third kappa shape index (κ3) is 4.60. The van der Waals surface area contributed by atoms with Crippen molar-refractivity contribution in [3.63, 3.8) is 0 Å². The quantitative estimate of drug-likeness (QED) is 0.796. The second-order valence-corrected chi connectivity index (χ2v) is 6.30. The van der Waals surface area contributed by atoms with Gasteiger partial charge in [0.05, 0.1) is 25.2 Å². The third-order valence-electron chi connectivity index (χ3n) is 4.41. The van der Waals surface area contributed by atoms with Gasteiger partial charge in [0.2, 0.25) is 0 Å². The van der Waals surface area contributed by atoms with Crippen LogP contribution in [0.4, 0.5) is 0 Å². The first-order chi connectivity index (χ1) is 12.2. The summed E-state index contributed by atoms with van der Waals surface area (Å²) in [4.78, 5) is 16.5. The summed E-state index contributed by atoms with van der Waals surface area (Å²) < 4.78 is 12.4. The van der Waals surface area contributed by atoms with Gasteiger partial charge in [0.15, 0.2) is 0 Å². The van der Waals surface area contributed by atoms with Crippen LogP contribution in [0.25, 0.3) is 0 Å². The van der Waals surface area contributed by atoms with Gasteiger partial charge in [-0.3, -0.25) is 9.36 Å². The van der Waals surface area contributed by atoms with Crippen molar-refractivity contribution in [2.24, 2.45) is 0 Å². The van der Waals surface area contributed by atoms with Crippen molar-refractivity contribution in [1.29, 1.82) is 0 Å². The van der Waals surface area contributed by atoms with Crippen LogP contribution in [-0.4, -0.2) is 34.0 Å². The molecule has 1 atom stereocenters. The molecule has 1 aliphatic carbocycles. The highest BCUT2D eigenvalue weighted by Crippen LogP contribution is 2.34. The van der Waals surface area contributed by atoms with E-state index in [2.05, 4.69) is 4.98 Å². The number of aliphatic hydroxyl groups excluding tert-OH is 1. The Kier molecular flexibility index (Phi) is 5.71. The van der Waals surface area contributed by atoms with E-state index in [0.29, 0.717) is 18.3 Å². The molecule has 6 nitrogen and oxygen atoms in total. The van der Waals surface area contributed by atoms with Crippen molar-refractivity contribution in [2.45, 2.75) is 44.8 Å².